The molecule has 8 rings (SSSR count). The summed E-state index contributed by atoms with van der Waals surface area (Å²) in [5.41, 5.74) is 12.4. The summed E-state index contributed by atoms with van der Waals surface area (Å²) in [6.45, 7) is 2.50. The van der Waals surface area contributed by atoms with Gasteiger partial charge in [0.25, 0.3) is 0 Å². The van der Waals surface area contributed by atoms with Crippen molar-refractivity contribution in [2.75, 3.05) is 0 Å². The van der Waals surface area contributed by atoms with Gasteiger partial charge in [-0.25, -0.2) is 0 Å². The Morgan fingerprint density at radius 3 is 2.41 bits per heavy atom. The minimum Gasteiger partial charge on any atom is -0.0847 e. The molecule has 0 aliphatic heterocycles. The second-order valence-electron chi connectivity index (χ2n) is 13.3. The molecule has 5 atom stereocenters. The van der Waals surface area contributed by atoms with E-state index >= 15 is 0 Å². The van der Waals surface area contributed by atoms with E-state index in [1.54, 1.807) is 27.8 Å². The van der Waals surface area contributed by atoms with Gasteiger partial charge in [0, 0.05) is 22.3 Å². The van der Waals surface area contributed by atoms with Crippen LogP contribution in [0.1, 0.15) is 103 Å². The molecule has 1 saturated carbocycles. The highest BCUT2D eigenvalue weighted by Gasteiger charge is 2.49. The predicted molar refractivity (Wildman–Crippen MR) is 173 cm³/mol. The Labute approximate surface area is 250 Å². The van der Waals surface area contributed by atoms with E-state index in [0.29, 0.717) is 29.6 Å². The van der Waals surface area contributed by atoms with Crippen molar-refractivity contribution in [1.82, 2.24) is 0 Å². The maximum atomic E-state index is 6.74. The lowest BCUT2D eigenvalue weighted by molar-refractivity contribution is 0.341. The molecular weight excluding hydrogens is 516 g/mol. The normalized spacial score (nSPS) is 29.1. The van der Waals surface area contributed by atoms with Crippen LogP contribution in [0.5, 0.6) is 0 Å². The molecule has 41 heavy (non-hydrogen) atoms. The van der Waals surface area contributed by atoms with Crippen LogP contribution in [-0.2, 0) is 5.41 Å². The van der Waals surface area contributed by atoms with Crippen molar-refractivity contribution in [3.63, 3.8) is 0 Å². The van der Waals surface area contributed by atoms with Crippen molar-refractivity contribution in [3.8, 4) is 11.1 Å². The molecule has 0 heterocycles. The molecule has 0 saturated heterocycles. The molecule has 5 aliphatic rings. The number of allylic oxidation sites excluding steroid dienone is 8. The third-order valence-electron chi connectivity index (χ3n) is 11.3. The molecule has 0 nitrogen and oxygen atoms in total. The zero-order chi connectivity index (χ0) is 27.6. The van der Waals surface area contributed by atoms with Gasteiger partial charge in [-0.3, -0.25) is 0 Å². The molecule has 1 spiro atoms. The average Bonchev–Trinajstić information content (AvgIpc) is 3.21. The zero-order valence-corrected chi connectivity index (χ0v) is 24.8. The van der Waals surface area contributed by atoms with Crippen LogP contribution in [0.3, 0.4) is 0 Å². The van der Waals surface area contributed by atoms with E-state index in [9.17, 15) is 0 Å². The smallest absolute Gasteiger partial charge is 0.0369 e. The van der Waals surface area contributed by atoms with Gasteiger partial charge in [-0.15, -0.1) is 0 Å². The van der Waals surface area contributed by atoms with Crippen molar-refractivity contribution >= 4 is 11.6 Å². The third-order valence-corrected chi connectivity index (χ3v) is 11.5. The molecule has 0 amide bonds. The van der Waals surface area contributed by atoms with Crippen molar-refractivity contribution < 1.29 is 0 Å². The van der Waals surface area contributed by atoms with Crippen LogP contribution >= 0.6 is 11.6 Å². The molecule has 0 radical (unpaired) electrons. The highest BCUT2D eigenvalue weighted by molar-refractivity contribution is 6.31. The minimum absolute atomic E-state index is 0.244. The summed E-state index contributed by atoms with van der Waals surface area (Å²) in [4.78, 5) is 0. The number of rotatable bonds is 2. The molecular formula is C40H39Cl. The fourth-order valence-electron chi connectivity index (χ4n) is 9.25. The summed E-state index contributed by atoms with van der Waals surface area (Å²) in [6, 6.07) is 25.6. The number of hydrogen-bond acceptors (Lipinski definition) is 0. The van der Waals surface area contributed by atoms with Crippen LogP contribution in [0.4, 0.5) is 0 Å². The maximum absolute atomic E-state index is 6.74. The molecule has 5 aliphatic carbocycles. The van der Waals surface area contributed by atoms with Gasteiger partial charge in [-0.2, -0.15) is 0 Å². The van der Waals surface area contributed by atoms with Gasteiger partial charge in [0.1, 0.15) is 0 Å². The van der Waals surface area contributed by atoms with E-state index in [4.69, 9.17) is 11.6 Å². The highest BCUT2D eigenvalue weighted by Crippen LogP contribution is 2.61. The maximum Gasteiger partial charge on any atom is 0.0369 e. The SMILES string of the molecule is CC1c2cc3c(cc2C2C=C(Cl)C=CC2CC1c1ccc(-c2ccccc2)cc1)C1(CCCCC1)C1=CC=CCC13. The van der Waals surface area contributed by atoms with Crippen LogP contribution in [0, 0.1) is 5.92 Å². The number of hydrogen-bond donors (Lipinski definition) is 0. The summed E-state index contributed by atoms with van der Waals surface area (Å²) in [6.07, 6.45) is 23.2. The van der Waals surface area contributed by atoms with E-state index < -0.39 is 0 Å². The van der Waals surface area contributed by atoms with Gasteiger partial charge in [0.2, 0.25) is 0 Å². The summed E-state index contributed by atoms with van der Waals surface area (Å²) in [7, 11) is 0. The van der Waals surface area contributed by atoms with Crippen LogP contribution in [-0.4, -0.2) is 0 Å². The molecule has 3 aromatic carbocycles. The molecule has 3 aromatic rings. The quantitative estimate of drug-likeness (QED) is 0.295. The second kappa shape index (κ2) is 10.0. The first-order valence-corrected chi connectivity index (χ1v) is 16.3. The van der Waals surface area contributed by atoms with Crippen LogP contribution in [0.15, 0.2) is 114 Å². The molecule has 206 valence electrons. The molecule has 1 heteroatoms. The Hall–Kier alpha value is -3.09. The third kappa shape index (κ3) is 4.09. The average molecular weight is 555 g/mol. The van der Waals surface area contributed by atoms with E-state index in [1.165, 1.54) is 48.8 Å². The minimum atomic E-state index is 0.244. The molecule has 0 bridgehead atoms. The highest BCUT2D eigenvalue weighted by atomic mass is 35.5. The van der Waals surface area contributed by atoms with Crippen LogP contribution in [0.2, 0.25) is 0 Å². The summed E-state index contributed by atoms with van der Waals surface area (Å²) in [5.74, 6) is 2.27. The van der Waals surface area contributed by atoms with E-state index in [-0.39, 0.29) is 5.41 Å². The lowest BCUT2D eigenvalue weighted by Gasteiger charge is -2.38. The number of halogens is 1. The van der Waals surface area contributed by atoms with Crippen molar-refractivity contribution in [1.29, 1.82) is 0 Å². The van der Waals surface area contributed by atoms with Crippen molar-refractivity contribution in [2.45, 2.75) is 81.0 Å². The molecule has 5 unspecified atom stereocenters. The summed E-state index contributed by atoms with van der Waals surface area (Å²) in [5, 5.41) is 0.893. The monoisotopic (exact) mass is 554 g/mol. The zero-order valence-electron chi connectivity index (χ0n) is 24.0. The topological polar surface area (TPSA) is 0 Å². The Morgan fingerprint density at radius 2 is 1.61 bits per heavy atom. The van der Waals surface area contributed by atoms with E-state index in [1.807, 2.05) is 0 Å². The first-order chi connectivity index (χ1) is 20.1. The van der Waals surface area contributed by atoms with Gasteiger partial charge >= 0.3 is 0 Å². The lowest BCUT2D eigenvalue weighted by Crippen LogP contribution is -2.29. The largest absolute Gasteiger partial charge is 0.0847 e. The number of benzene rings is 3. The number of fused-ring (bicyclic) bond motifs is 8. The van der Waals surface area contributed by atoms with Gasteiger partial charge < -0.3 is 0 Å². The second-order valence-corrected chi connectivity index (χ2v) is 13.7. The standard InChI is InChI=1S/C40H39Cl/c1-26-33(29-16-14-28(15-17-29)27-10-4-2-5-11-27)22-30-18-19-31(41)23-35(30)36-25-39-37(24-34(26)36)32-12-6-7-13-38(32)40(39)20-8-3-9-21-40/h2,4-7,10-11,13-19,23-26,30,32-33,35H,3,8-9,12,20-22H2,1H3. The summed E-state index contributed by atoms with van der Waals surface area (Å²) >= 11 is 6.74. The Bertz CT molecular complexity index is 1590. The first kappa shape index (κ1) is 25.6. The lowest BCUT2D eigenvalue weighted by atomic mass is 9.66. The predicted octanol–water partition coefficient (Wildman–Crippen LogP) is 11.2. The van der Waals surface area contributed by atoms with Crippen LogP contribution in [0.25, 0.3) is 11.1 Å². The van der Waals surface area contributed by atoms with E-state index in [0.717, 1.165) is 17.9 Å². The van der Waals surface area contributed by atoms with Crippen molar-refractivity contribution in [2.24, 2.45) is 5.92 Å². The van der Waals surface area contributed by atoms with Gasteiger partial charge in [-0.1, -0.05) is 140 Å². The summed E-state index contributed by atoms with van der Waals surface area (Å²) < 4.78 is 0. The van der Waals surface area contributed by atoms with Crippen LogP contribution < -0.4 is 0 Å². The van der Waals surface area contributed by atoms with Gasteiger partial charge in [0.05, 0.1) is 0 Å². The molecule has 0 aromatic heterocycles. The van der Waals surface area contributed by atoms with Gasteiger partial charge in [0.15, 0.2) is 0 Å². The van der Waals surface area contributed by atoms with Gasteiger partial charge in [-0.05, 0) is 88.5 Å². The molecule has 1 fully saturated rings. The fraction of sp³-hybridized carbons (Fsp3) is 0.350. The Morgan fingerprint density at radius 1 is 0.829 bits per heavy atom. The Balaban J connectivity index is 1.26. The van der Waals surface area contributed by atoms with Crippen molar-refractivity contribution in [3.05, 3.63) is 142 Å². The Kier molecular flexibility index (Phi) is 6.26. The van der Waals surface area contributed by atoms with E-state index in [2.05, 4.69) is 110 Å². The molecule has 0 N–H and O–H groups in total. The first-order valence-electron chi connectivity index (χ1n) is 15.9. The fourth-order valence-corrected chi connectivity index (χ4v) is 9.45.